The van der Waals surface area contributed by atoms with Crippen LogP contribution in [0.1, 0.15) is 69.0 Å². The van der Waals surface area contributed by atoms with E-state index in [9.17, 15) is 19.2 Å². The summed E-state index contributed by atoms with van der Waals surface area (Å²) >= 11 is 0. The van der Waals surface area contributed by atoms with Gasteiger partial charge in [0.05, 0.1) is 12.5 Å². The van der Waals surface area contributed by atoms with Gasteiger partial charge in [0, 0.05) is 36.5 Å². The van der Waals surface area contributed by atoms with E-state index >= 15 is 0 Å². The van der Waals surface area contributed by atoms with Gasteiger partial charge in [0.1, 0.15) is 11.6 Å². The summed E-state index contributed by atoms with van der Waals surface area (Å²) in [6.45, 7) is 1.74. The van der Waals surface area contributed by atoms with E-state index in [1.54, 1.807) is 6.92 Å². The first-order chi connectivity index (χ1) is 21.7. The van der Waals surface area contributed by atoms with Crippen molar-refractivity contribution in [3.05, 3.63) is 71.9 Å². The molecule has 1 heterocycles. The zero-order chi connectivity index (χ0) is 31.6. The molecule has 7 rings (SSSR count). The molecule has 0 saturated heterocycles. The number of aromatic nitrogens is 1. The van der Waals surface area contributed by atoms with Crippen LogP contribution in [0.15, 0.2) is 60.8 Å². The second-order valence-electron chi connectivity index (χ2n) is 13.4. The monoisotopic (exact) mass is 614 g/mol. The van der Waals surface area contributed by atoms with Gasteiger partial charge < -0.3 is 30.8 Å². The van der Waals surface area contributed by atoms with Gasteiger partial charge in [-0.15, -0.1) is 0 Å². The molecule has 238 valence electrons. The van der Waals surface area contributed by atoms with Crippen molar-refractivity contribution in [1.82, 2.24) is 20.9 Å². The number of hydrogen-bond donors (Lipinski definition) is 5. The average molecular weight is 615 g/mol. The fourth-order valence-electron chi connectivity index (χ4n) is 8.10. The molecule has 45 heavy (non-hydrogen) atoms. The zero-order valence-corrected chi connectivity index (χ0v) is 25.6. The number of benzene rings is 2. The fourth-order valence-corrected chi connectivity index (χ4v) is 8.10. The first-order valence-electron chi connectivity index (χ1n) is 16.0. The van der Waals surface area contributed by atoms with E-state index < -0.39 is 35.5 Å². The van der Waals surface area contributed by atoms with Crippen LogP contribution in [-0.4, -0.2) is 52.2 Å². The molecule has 3 amide bonds. The molecule has 5 N–H and O–H groups in total. The van der Waals surface area contributed by atoms with Gasteiger partial charge in [-0.1, -0.05) is 48.5 Å². The standard InChI is InChI=1S/C35H42N4O6/c1-35(18-26-19-36-28-10-6-5-9-27(26)28,39-34(44)45-32-24-14-21-13-22(16-24)17-25(32)15-21)33(43)37-20-29(23-7-3-2-4-8-23)38-30(40)11-12-31(41)42/h2-10,19,21-22,24-25,29,32,36H,11-18,20H2,1H3,(H,37,43)(H,38,40)(H,39,44)(H,41,42)/t21?,22?,24?,25?,29-,32?,35?/m0/s1. The fraction of sp³-hybridized carbons (Fsp3) is 0.486. The molecule has 1 unspecified atom stereocenters. The van der Waals surface area contributed by atoms with Crippen LogP contribution in [-0.2, 0) is 25.5 Å². The smallest absolute Gasteiger partial charge is 0.408 e. The number of carboxylic acid groups (broad SMARTS) is 1. The Kier molecular flexibility index (Phi) is 8.83. The third-order valence-electron chi connectivity index (χ3n) is 10.1. The molecule has 4 aliphatic carbocycles. The quantitative estimate of drug-likeness (QED) is 0.197. The van der Waals surface area contributed by atoms with E-state index in [0.717, 1.165) is 59.5 Å². The molecule has 0 radical (unpaired) electrons. The van der Waals surface area contributed by atoms with Crippen LogP contribution in [0.2, 0.25) is 0 Å². The summed E-state index contributed by atoms with van der Waals surface area (Å²) in [4.78, 5) is 54.4. The summed E-state index contributed by atoms with van der Waals surface area (Å²) < 4.78 is 6.13. The minimum absolute atomic E-state index is 0.0391. The normalized spacial score (nSPS) is 25.2. The third-order valence-corrected chi connectivity index (χ3v) is 10.1. The molecule has 2 atom stereocenters. The number of rotatable bonds is 12. The summed E-state index contributed by atoms with van der Waals surface area (Å²) in [5, 5.41) is 18.7. The number of hydrogen-bond acceptors (Lipinski definition) is 5. The Labute approximate surface area is 262 Å². The van der Waals surface area contributed by atoms with Crippen molar-refractivity contribution in [2.24, 2.45) is 23.7 Å². The van der Waals surface area contributed by atoms with E-state index in [1.165, 1.54) is 6.42 Å². The lowest BCUT2D eigenvalue weighted by molar-refractivity contribution is -0.138. The molecular formula is C35H42N4O6. The molecule has 4 fully saturated rings. The highest BCUT2D eigenvalue weighted by molar-refractivity contribution is 5.91. The summed E-state index contributed by atoms with van der Waals surface area (Å²) in [6, 6.07) is 16.4. The molecule has 1 aromatic heterocycles. The number of carbonyl (C=O) groups excluding carboxylic acids is 3. The summed E-state index contributed by atoms with van der Waals surface area (Å²) in [5.74, 6) is 0.351. The Morgan fingerprint density at radius 3 is 2.29 bits per heavy atom. The van der Waals surface area contributed by atoms with Crippen LogP contribution in [0.4, 0.5) is 4.79 Å². The number of nitrogens with one attached hydrogen (secondary N) is 4. The van der Waals surface area contributed by atoms with Crippen LogP contribution >= 0.6 is 0 Å². The van der Waals surface area contributed by atoms with Gasteiger partial charge in [0.2, 0.25) is 11.8 Å². The van der Waals surface area contributed by atoms with Crippen LogP contribution < -0.4 is 16.0 Å². The van der Waals surface area contributed by atoms with E-state index in [4.69, 9.17) is 9.84 Å². The van der Waals surface area contributed by atoms with E-state index in [0.29, 0.717) is 11.8 Å². The van der Waals surface area contributed by atoms with Gasteiger partial charge >= 0.3 is 12.1 Å². The first kappa shape index (κ1) is 30.7. The molecule has 4 aliphatic rings. The molecule has 10 nitrogen and oxygen atoms in total. The second kappa shape index (κ2) is 12.9. The third kappa shape index (κ3) is 7.00. The molecule has 3 aromatic rings. The maximum Gasteiger partial charge on any atom is 0.408 e. The summed E-state index contributed by atoms with van der Waals surface area (Å²) in [6.07, 6.45) is 6.62. The largest absolute Gasteiger partial charge is 0.481 e. The molecule has 4 saturated carbocycles. The minimum atomic E-state index is -1.37. The lowest BCUT2D eigenvalue weighted by Gasteiger charge is -2.53. The Morgan fingerprint density at radius 2 is 1.60 bits per heavy atom. The highest BCUT2D eigenvalue weighted by Gasteiger charge is 2.50. The first-order valence-corrected chi connectivity index (χ1v) is 16.0. The van der Waals surface area contributed by atoms with Crippen molar-refractivity contribution in [2.75, 3.05) is 6.54 Å². The SMILES string of the molecule is CC(Cc1c[nH]c2ccccc12)(NC(=O)OC1C2CC3CC(C2)CC1C3)C(=O)NC[C@H](NC(=O)CCC(=O)O)c1ccccc1. The van der Waals surface area contributed by atoms with E-state index in [-0.39, 0.29) is 31.9 Å². The lowest BCUT2D eigenvalue weighted by atomic mass is 9.55. The number of carboxylic acids is 1. The van der Waals surface area contributed by atoms with Gasteiger partial charge in [0.25, 0.3) is 0 Å². The van der Waals surface area contributed by atoms with Gasteiger partial charge in [-0.05, 0) is 79.9 Å². The van der Waals surface area contributed by atoms with Crippen molar-refractivity contribution in [2.45, 2.75) is 76.0 Å². The van der Waals surface area contributed by atoms with Gasteiger partial charge in [-0.2, -0.15) is 0 Å². The predicted octanol–water partition coefficient (Wildman–Crippen LogP) is 4.86. The topological polar surface area (TPSA) is 150 Å². The number of amides is 3. The van der Waals surface area contributed by atoms with E-state index in [1.807, 2.05) is 60.8 Å². The predicted molar refractivity (Wildman–Crippen MR) is 168 cm³/mol. The molecule has 2 aromatic carbocycles. The van der Waals surface area contributed by atoms with E-state index in [2.05, 4.69) is 20.9 Å². The molecular weight excluding hydrogens is 572 g/mol. The second-order valence-corrected chi connectivity index (χ2v) is 13.4. The van der Waals surface area contributed by atoms with Crippen LogP contribution in [0.5, 0.6) is 0 Å². The van der Waals surface area contributed by atoms with Crippen molar-refractivity contribution in [1.29, 1.82) is 0 Å². The Balaban J connectivity index is 1.19. The molecule has 4 bridgehead atoms. The maximum absolute atomic E-state index is 14.1. The highest BCUT2D eigenvalue weighted by Crippen LogP contribution is 2.54. The van der Waals surface area contributed by atoms with Crippen LogP contribution in [0.3, 0.4) is 0 Å². The van der Waals surface area contributed by atoms with Crippen LogP contribution in [0.25, 0.3) is 10.9 Å². The van der Waals surface area contributed by atoms with Crippen molar-refractivity contribution < 1.29 is 29.0 Å². The van der Waals surface area contributed by atoms with Crippen molar-refractivity contribution in [3.8, 4) is 0 Å². The number of fused-ring (bicyclic) bond motifs is 1. The maximum atomic E-state index is 14.1. The number of alkyl carbamates (subject to hydrolysis) is 1. The van der Waals surface area contributed by atoms with Gasteiger partial charge in [0.15, 0.2) is 0 Å². The van der Waals surface area contributed by atoms with Crippen molar-refractivity contribution in [3.63, 3.8) is 0 Å². The number of para-hydroxylation sites is 1. The van der Waals surface area contributed by atoms with Gasteiger partial charge in [-0.3, -0.25) is 14.4 Å². The van der Waals surface area contributed by atoms with Crippen LogP contribution in [0, 0.1) is 23.7 Å². The summed E-state index contributed by atoms with van der Waals surface area (Å²) in [7, 11) is 0. The Hall–Kier alpha value is -4.34. The molecule has 0 spiro atoms. The number of H-pyrrole nitrogens is 1. The Morgan fingerprint density at radius 1 is 0.933 bits per heavy atom. The molecule has 10 heteroatoms. The average Bonchev–Trinajstić information content (AvgIpc) is 3.42. The number of aliphatic carboxylic acids is 1. The Bertz CT molecular complexity index is 1530. The van der Waals surface area contributed by atoms with Gasteiger partial charge in [-0.25, -0.2) is 4.79 Å². The number of ether oxygens (including phenoxy) is 1. The van der Waals surface area contributed by atoms with Crippen molar-refractivity contribution >= 4 is 34.8 Å². The number of carbonyl (C=O) groups is 4. The molecule has 0 aliphatic heterocycles. The highest BCUT2D eigenvalue weighted by atomic mass is 16.6. The summed E-state index contributed by atoms with van der Waals surface area (Å²) in [5.41, 5.74) is 1.19. The zero-order valence-electron chi connectivity index (χ0n) is 25.6. The minimum Gasteiger partial charge on any atom is -0.481 e. The number of aromatic amines is 1. The lowest BCUT2D eigenvalue weighted by Crippen LogP contribution is -2.60.